The highest BCUT2D eigenvalue weighted by molar-refractivity contribution is 5.12. The number of nitrogens with one attached hydrogen (secondary N) is 1. The third kappa shape index (κ3) is 11.1. The maximum atomic E-state index is 4.38. The first-order valence-electron chi connectivity index (χ1n) is 12.2. The van der Waals surface area contributed by atoms with Crippen molar-refractivity contribution >= 4 is 0 Å². The van der Waals surface area contributed by atoms with Crippen LogP contribution in [0.3, 0.4) is 0 Å². The number of azo groups is 2. The van der Waals surface area contributed by atoms with Crippen molar-refractivity contribution in [2.45, 2.75) is 71.8 Å². The van der Waals surface area contributed by atoms with E-state index in [4.69, 9.17) is 0 Å². The minimum absolute atomic E-state index is 0.444. The van der Waals surface area contributed by atoms with Crippen molar-refractivity contribution in [3.8, 4) is 0 Å². The average molecular weight is 446 g/mol. The van der Waals surface area contributed by atoms with E-state index in [-0.39, 0.29) is 0 Å². The second-order valence-corrected chi connectivity index (χ2v) is 8.94. The normalized spacial score (nSPS) is 15.0. The minimum atomic E-state index is 0.444. The largest absolute Gasteiger partial charge is 0.316 e. The fourth-order valence-electron chi connectivity index (χ4n) is 3.96. The van der Waals surface area contributed by atoms with Gasteiger partial charge in [0.2, 0.25) is 5.82 Å². The van der Waals surface area contributed by atoms with Crippen molar-refractivity contribution in [3.63, 3.8) is 0 Å². The molecule has 0 aromatic heterocycles. The molecule has 0 saturated heterocycles. The molecule has 2 atom stereocenters. The zero-order valence-electron chi connectivity index (χ0n) is 22.4. The van der Waals surface area contributed by atoms with Gasteiger partial charge in [0.25, 0.3) is 6.67 Å². The van der Waals surface area contributed by atoms with E-state index in [1.807, 2.05) is 24.9 Å². The molecule has 182 valence electrons. The Bertz CT molecular complexity index is 695. The van der Waals surface area contributed by atoms with Crippen LogP contribution in [0, 0.1) is 0 Å². The molecule has 0 aromatic carbocycles. The van der Waals surface area contributed by atoms with Gasteiger partial charge < -0.3 is 10.2 Å². The van der Waals surface area contributed by atoms with Crippen molar-refractivity contribution in [1.82, 2.24) is 10.2 Å². The summed E-state index contributed by atoms with van der Waals surface area (Å²) in [4.78, 5) is 2.29. The molecule has 32 heavy (non-hydrogen) atoms. The molecular formula is C27H51N5+2. The second-order valence-electron chi connectivity index (χ2n) is 8.94. The summed E-state index contributed by atoms with van der Waals surface area (Å²) >= 11 is 0. The van der Waals surface area contributed by atoms with Gasteiger partial charge in [0.15, 0.2) is 7.05 Å². The summed E-state index contributed by atoms with van der Waals surface area (Å²) in [6, 6.07) is 0.444. The highest BCUT2D eigenvalue weighted by Gasteiger charge is 2.30. The monoisotopic (exact) mass is 445 g/mol. The molecule has 0 saturated carbocycles. The molecule has 0 aromatic rings. The highest BCUT2D eigenvalue weighted by Crippen LogP contribution is 2.17. The molecule has 0 amide bonds. The van der Waals surface area contributed by atoms with Crippen LogP contribution in [0.15, 0.2) is 59.3 Å². The molecule has 2 unspecified atom stereocenters. The third-order valence-corrected chi connectivity index (χ3v) is 5.93. The number of hydrogen-bond acceptors (Lipinski definition) is 3. The molecule has 1 N–H and O–H groups in total. The van der Waals surface area contributed by atoms with Gasteiger partial charge in [0, 0.05) is 11.7 Å². The second kappa shape index (κ2) is 16.7. The number of likely N-dealkylation sites (N-methyl/N-ethyl adjacent to an activating group) is 1. The molecule has 0 aliphatic rings. The van der Waals surface area contributed by atoms with Crippen LogP contribution in [0.4, 0.5) is 0 Å². The molecule has 0 spiro atoms. The number of quaternary nitrogens is 1. The first kappa shape index (κ1) is 30.1. The molecule has 0 aliphatic heterocycles. The molecular weight excluding hydrogens is 394 g/mol. The van der Waals surface area contributed by atoms with E-state index in [1.165, 1.54) is 11.3 Å². The molecule has 5 nitrogen and oxygen atoms in total. The molecule has 0 radical (unpaired) electrons. The van der Waals surface area contributed by atoms with Crippen molar-refractivity contribution in [3.05, 3.63) is 54.2 Å². The Balaban J connectivity index is 5.25. The molecule has 0 rings (SSSR count). The van der Waals surface area contributed by atoms with Gasteiger partial charge in [-0.1, -0.05) is 37.6 Å². The quantitative estimate of drug-likeness (QED) is 0.0562. The lowest BCUT2D eigenvalue weighted by Crippen LogP contribution is -2.51. The lowest BCUT2D eigenvalue weighted by Gasteiger charge is -2.32. The maximum absolute atomic E-state index is 4.38. The van der Waals surface area contributed by atoms with Gasteiger partial charge in [-0.05, 0) is 82.4 Å². The summed E-state index contributed by atoms with van der Waals surface area (Å²) < 4.78 is 2.72. The standard InChI is InChI=1S/C27H51N5/c1-11-15-19-25(27(14-4)30(7)8)20-17-16-18-21-26(13-3)29-24(5)32(10,22-12-2)23-31(9)28-6/h11,17,21,27,29H,1,5,12-16,18-19,22-23H2,2-4,6-10H3/q+2. The van der Waals surface area contributed by atoms with Crippen LogP contribution < -0.4 is 5.32 Å². The Morgan fingerprint density at radius 3 is 2.41 bits per heavy atom. The topological polar surface area (TPSA) is 30.6 Å². The molecule has 0 heterocycles. The van der Waals surface area contributed by atoms with Crippen molar-refractivity contribution in [2.24, 2.45) is 5.11 Å². The first-order chi connectivity index (χ1) is 15.2. The smallest absolute Gasteiger partial charge is 0.300 e. The number of hydrogen-bond donors (Lipinski definition) is 1. The summed E-state index contributed by atoms with van der Waals surface area (Å²) in [5.41, 5.74) is 6.21. The van der Waals surface area contributed by atoms with Crippen LogP contribution in [0.2, 0.25) is 0 Å². The van der Waals surface area contributed by atoms with Gasteiger partial charge in [-0.25, -0.2) is 4.48 Å². The van der Waals surface area contributed by atoms with E-state index in [0.29, 0.717) is 6.04 Å². The van der Waals surface area contributed by atoms with Crippen molar-refractivity contribution < 1.29 is 9.18 Å². The highest BCUT2D eigenvalue weighted by atomic mass is 15.5. The van der Waals surface area contributed by atoms with Crippen LogP contribution in [-0.4, -0.2) is 68.6 Å². The zero-order chi connectivity index (χ0) is 24.6. The zero-order valence-corrected chi connectivity index (χ0v) is 22.4. The van der Waals surface area contributed by atoms with Gasteiger partial charge in [-0.2, -0.15) is 0 Å². The lowest BCUT2D eigenvalue weighted by atomic mass is 9.99. The van der Waals surface area contributed by atoms with Crippen LogP contribution in [0.25, 0.3) is 0 Å². The van der Waals surface area contributed by atoms with Gasteiger partial charge in [0.1, 0.15) is 0 Å². The van der Waals surface area contributed by atoms with E-state index < -0.39 is 0 Å². The Morgan fingerprint density at radius 2 is 1.91 bits per heavy atom. The van der Waals surface area contributed by atoms with Crippen LogP contribution in [0.1, 0.15) is 65.7 Å². The number of nitrogens with zero attached hydrogens (tertiary/aromatic N) is 4. The van der Waals surface area contributed by atoms with E-state index in [2.05, 4.69) is 88.3 Å². The third-order valence-electron chi connectivity index (χ3n) is 5.93. The van der Waals surface area contributed by atoms with Crippen LogP contribution >= 0.6 is 0 Å². The Kier molecular flexibility index (Phi) is 15.6. The number of unbranched alkanes of at least 4 members (excludes halogenated alkanes) is 1. The average Bonchev–Trinajstić information content (AvgIpc) is 2.75. The summed E-state index contributed by atoms with van der Waals surface area (Å²) in [7, 11) is 10.4. The minimum Gasteiger partial charge on any atom is -0.316 e. The SMILES string of the molecule is C=CCCC(=C=CCCC=C(CC)NC(=C)[N+](C)(CCC)C[N+](C)=NC)C(CC)N(C)C. The molecule has 0 aliphatic carbocycles. The van der Waals surface area contributed by atoms with Gasteiger partial charge in [-0.15, -0.1) is 12.3 Å². The van der Waals surface area contributed by atoms with Gasteiger partial charge >= 0.3 is 0 Å². The summed E-state index contributed by atoms with van der Waals surface area (Å²) in [5.74, 6) is 1.02. The molecule has 0 fully saturated rings. The Morgan fingerprint density at radius 1 is 1.22 bits per heavy atom. The summed E-state index contributed by atoms with van der Waals surface area (Å²) in [6.45, 7) is 16.7. The molecule has 0 bridgehead atoms. The van der Waals surface area contributed by atoms with Crippen LogP contribution in [0.5, 0.6) is 0 Å². The predicted octanol–water partition coefficient (Wildman–Crippen LogP) is 6.05. The fourth-order valence-corrected chi connectivity index (χ4v) is 3.96. The van der Waals surface area contributed by atoms with Gasteiger partial charge in [-0.3, -0.25) is 0 Å². The van der Waals surface area contributed by atoms with E-state index in [0.717, 1.165) is 68.5 Å². The first-order valence-corrected chi connectivity index (χ1v) is 12.2. The Labute approximate surface area is 199 Å². The van der Waals surface area contributed by atoms with Gasteiger partial charge in [0.05, 0.1) is 20.6 Å². The maximum Gasteiger partial charge on any atom is 0.300 e. The Hall–Kier alpha value is -1.94. The number of allylic oxidation sites excluding steroid dienone is 3. The van der Waals surface area contributed by atoms with E-state index >= 15 is 0 Å². The van der Waals surface area contributed by atoms with Crippen molar-refractivity contribution in [1.29, 1.82) is 0 Å². The molecule has 5 heteroatoms. The van der Waals surface area contributed by atoms with Crippen molar-refractivity contribution in [2.75, 3.05) is 48.5 Å². The lowest BCUT2D eigenvalue weighted by molar-refractivity contribution is -0.959. The summed E-state index contributed by atoms with van der Waals surface area (Å²) in [5, 5.41) is 7.89. The van der Waals surface area contributed by atoms with E-state index in [9.17, 15) is 0 Å². The summed E-state index contributed by atoms with van der Waals surface area (Å²) in [6.07, 6.45) is 13.7. The number of rotatable bonds is 17. The fraction of sp³-hybridized carbons (Fsp3) is 0.667. The van der Waals surface area contributed by atoms with E-state index in [1.54, 1.807) is 0 Å². The van der Waals surface area contributed by atoms with Crippen LogP contribution in [-0.2, 0) is 0 Å². The predicted molar refractivity (Wildman–Crippen MR) is 139 cm³/mol.